The monoisotopic (exact) mass is 368 g/mol. The van der Waals surface area contributed by atoms with E-state index in [2.05, 4.69) is 80.5 Å². The molecular formula is C21H38OP2+2. The highest BCUT2D eigenvalue weighted by Crippen LogP contribution is 2.83. The molecule has 0 amide bonds. The summed E-state index contributed by atoms with van der Waals surface area (Å²) in [5, 5.41) is 0. The average molecular weight is 368 g/mol. The van der Waals surface area contributed by atoms with Crippen LogP contribution in [0.4, 0.5) is 0 Å². The van der Waals surface area contributed by atoms with Gasteiger partial charge in [0.2, 0.25) is 7.49 Å². The zero-order valence-electron chi connectivity index (χ0n) is 17.3. The predicted octanol–water partition coefficient (Wildman–Crippen LogP) is 7.43. The molecule has 0 spiro atoms. The molecule has 0 N–H and O–H groups in total. The minimum atomic E-state index is -1.52. The third kappa shape index (κ3) is 3.29. The smallest absolute Gasteiger partial charge is 0.232 e. The van der Waals surface area contributed by atoms with Gasteiger partial charge in [-0.05, 0) is 73.9 Å². The Labute approximate surface area is 151 Å². The molecule has 2 rings (SSSR count). The fourth-order valence-corrected chi connectivity index (χ4v) is 18.6. The SMILES string of the molecule is Cc1c2cccc1O[P+](C(C)C)(C(C)C)C[P+](C(C)C)(C(C)C)C2. The van der Waals surface area contributed by atoms with E-state index >= 15 is 0 Å². The quantitative estimate of drug-likeness (QED) is 0.502. The van der Waals surface area contributed by atoms with Gasteiger partial charge in [0.25, 0.3) is 0 Å². The summed E-state index contributed by atoms with van der Waals surface area (Å²) in [6.45, 7) is 21.8. The zero-order valence-corrected chi connectivity index (χ0v) is 19.0. The van der Waals surface area contributed by atoms with Crippen molar-refractivity contribution in [2.24, 2.45) is 0 Å². The van der Waals surface area contributed by atoms with Crippen molar-refractivity contribution in [1.82, 2.24) is 0 Å². The largest absolute Gasteiger partial charge is 0.346 e. The van der Waals surface area contributed by atoms with Crippen molar-refractivity contribution in [3.63, 3.8) is 0 Å². The lowest BCUT2D eigenvalue weighted by Gasteiger charge is -2.43. The van der Waals surface area contributed by atoms with Crippen molar-refractivity contribution in [2.75, 3.05) is 5.90 Å². The van der Waals surface area contributed by atoms with Gasteiger partial charge in [0, 0.05) is 5.56 Å². The number of rotatable bonds is 4. The molecule has 0 atom stereocenters. The normalized spacial score (nSPS) is 19.5. The standard InChI is InChI=1S/C21H38OP2/c1-15(2)23(16(3)4)13-20-11-10-12-21(19(20)9)22-24(14-23,17(5)6)18(7)8/h10-12,15-18H,13-14H2,1-9H3/q+2. The van der Waals surface area contributed by atoms with Crippen LogP contribution < -0.4 is 4.52 Å². The molecule has 0 saturated carbocycles. The van der Waals surface area contributed by atoms with Crippen LogP contribution in [0.1, 0.15) is 66.5 Å². The first-order valence-electron chi connectivity index (χ1n) is 9.58. The minimum absolute atomic E-state index is 0.621. The molecule has 1 heterocycles. The maximum absolute atomic E-state index is 7.03. The fourth-order valence-electron chi connectivity index (χ4n) is 4.34. The van der Waals surface area contributed by atoms with E-state index in [-0.39, 0.29) is 0 Å². The van der Waals surface area contributed by atoms with Gasteiger partial charge in [0.15, 0.2) is 11.7 Å². The van der Waals surface area contributed by atoms with Crippen LogP contribution in [-0.4, -0.2) is 28.5 Å². The second-order valence-corrected chi connectivity index (χ2v) is 18.4. The Hall–Kier alpha value is -0.120. The van der Waals surface area contributed by atoms with Gasteiger partial charge in [-0.25, -0.2) is 0 Å². The Morgan fingerprint density at radius 1 is 0.833 bits per heavy atom. The summed E-state index contributed by atoms with van der Waals surface area (Å²) in [4.78, 5) is 0. The van der Waals surface area contributed by atoms with E-state index in [9.17, 15) is 0 Å². The summed E-state index contributed by atoms with van der Waals surface area (Å²) >= 11 is 0. The van der Waals surface area contributed by atoms with Crippen LogP contribution in [-0.2, 0) is 6.16 Å². The lowest BCUT2D eigenvalue weighted by atomic mass is 10.1. The van der Waals surface area contributed by atoms with E-state index in [0.29, 0.717) is 11.3 Å². The van der Waals surface area contributed by atoms with Gasteiger partial charge in [-0.2, -0.15) is 0 Å². The van der Waals surface area contributed by atoms with Crippen molar-refractivity contribution in [3.8, 4) is 5.75 Å². The van der Waals surface area contributed by atoms with Gasteiger partial charge in [0.1, 0.15) is 11.3 Å². The van der Waals surface area contributed by atoms with E-state index < -0.39 is 14.8 Å². The van der Waals surface area contributed by atoms with Crippen molar-refractivity contribution in [3.05, 3.63) is 29.3 Å². The lowest BCUT2D eigenvalue weighted by Crippen LogP contribution is -2.31. The number of benzene rings is 1. The van der Waals surface area contributed by atoms with Crippen LogP contribution in [0.15, 0.2) is 18.2 Å². The van der Waals surface area contributed by atoms with Crippen LogP contribution in [0.2, 0.25) is 0 Å². The van der Waals surface area contributed by atoms with Gasteiger partial charge in [-0.3, -0.25) is 0 Å². The maximum atomic E-state index is 7.03. The Morgan fingerprint density at radius 2 is 1.38 bits per heavy atom. The Bertz CT molecular complexity index is 513. The van der Waals surface area contributed by atoms with Crippen molar-refractivity contribution < 1.29 is 4.52 Å². The highest BCUT2D eigenvalue weighted by Gasteiger charge is 2.61. The van der Waals surface area contributed by atoms with Gasteiger partial charge in [-0.15, -0.1) is 0 Å². The van der Waals surface area contributed by atoms with Crippen molar-refractivity contribution >= 4 is 14.8 Å². The lowest BCUT2D eigenvalue weighted by molar-refractivity contribution is 0.565. The number of fused-ring (bicyclic) bond motifs is 2. The second-order valence-electron chi connectivity index (χ2n) is 8.76. The molecule has 3 heteroatoms. The Morgan fingerprint density at radius 3 is 1.83 bits per heavy atom. The third-order valence-electron chi connectivity index (χ3n) is 6.42. The molecule has 0 aromatic heterocycles. The fraction of sp³-hybridized carbons (Fsp3) is 0.714. The number of hydrogen-bond donors (Lipinski definition) is 0. The molecule has 0 unspecified atom stereocenters. The molecule has 136 valence electrons. The van der Waals surface area contributed by atoms with Crippen LogP contribution in [0.25, 0.3) is 0 Å². The first-order chi connectivity index (χ1) is 11.1. The van der Waals surface area contributed by atoms with E-state index in [1.165, 1.54) is 23.2 Å². The third-order valence-corrected chi connectivity index (χ3v) is 19.4. The summed E-state index contributed by atoms with van der Waals surface area (Å²) in [5.41, 5.74) is 5.70. The molecule has 1 aliphatic rings. The van der Waals surface area contributed by atoms with Crippen LogP contribution in [0.5, 0.6) is 5.75 Å². The van der Waals surface area contributed by atoms with Crippen LogP contribution >= 0.6 is 14.8 Å². The predicted molar refractivity (Wildman–Crippen MR) is 115 cm³/mol. The van der Waals surface area contributed by atoms with Crippen molar-refractivity contribution in [1.29, 1.82) is 0 Å². The maximum Gasteiger partial charge on any atom is 0.232 e. The average Bonchev–Trinajstić information content (AvgIpc) is 2.47. The molecule has 1 aromatic rings. The summed E-state index contributed by atoms with van der Waals surface area (Å²) in [6.07, 6.45) is 1.30. The van der Waals surface area contributed by atoms with E-state index in [1.54, 1.807) is 0 Å². The highest BCUT2D eigenvalue weighted by atomic mass is 31.2. The molecular weight excluding hydrogens is 330 g/mol. The van der Waals surface area contributed by atoms with Gasteiger partial charge < -0.3 is 4.52 Å². The van der Waals surface area contributed by atoms with Crippen LogP contribution in [0.3, 0.4) is 0 Å². The molecule has 0 fully saturated rings. The molecule has 0 saturated heterocycles. The summed E-state index contributed by atoms with van der Waals surface area (Å²) in [6, 6.07) is 6.76. The van der Waals surface area contributed by atoms with E-state index in [1.807, 2.05) is 0 Å². The zero-order chi connectivity index (χ0) is 18.3. The summed E-state index contributed by atoms with van der Waals surface area (Å²) < 4.78 is 7.03. The molecule has 1 aromatic carbocycles. The first kappa shape index (κ1) is 20.2. The molecule has 0 radical (unpaired) electrons. The van der Waals surface area contributed by atoms with E-state index in [4.69, 9.17) is 4.52 Å². The highest BCUT2D eigenvalue weighted by molar-refractivity contribution is 7.90. The molecule has 1 nitrogen and oxygen atoms in total. The van der Waals surface area contributed by atoms with Gasteiger partial charge in [-0.1, -0.05) is 12.1 Å². The molecule has 24 heavy (non-hydrogen) atoms. The van der Waals surface area contributed by atoms with Gasteiger partial charge >= 0.3 is 0 Å². The molecule has 0 aliphatic carbocycles. The summed E-state index contributed by atoms with van der Waals surface area (Å²) in [5.74, 6) is 2.51. The number of hydrogen-bond acceptors (Lipinski definition) is 1. The van der Waals surface area contributed by atoms with Crippen molar-refractivity contribution in [2.45, 2.75) is 91.1 Å². The Balaban J connectivity index is 2.75. The topological polar surface area (TPSA) is 9.23 Å². The molecule has 1 aliphatic heterocycles. The van der Waals surface area contributed by atoms with Crippen LogP contribution in [0, 0.1) is 6.92 Å². The Kier molecular flexibility index (Phi) is 6.10. The second kappa shape index (κ2) is 7.25. The molecule has 2 bridgehead atoms. The van der Waals surface area contributed by atoms with E-state index in [0.717, 1.165) is 17.1 Å². The van der Waals surface area contributed by atoms with Gasteiger partial charge in [0.05, 0.1) is 24.7 Å². The minimum Gasteiger partial charge on any atom is -0.346 e. The first-order valence-corrected chi connectivity index (χ1v) is 13.9. The summed E-state index contributed by atoms with van der Waals surface area (Å²) in [7, 11) is -2.67.